The molecule has 1 aliphatic heterocycles. The van der Waals surface area contributed by atoms with E-state index in [1.807, 2.05) is 31.3 Å². The summed E-state index contributed by atoms with van der Waals surface area (Å²) in [6, 6.07) is 9.20. The Hall–Kier alpha value is -1.68. The van der Waals surface area contributed by atoms with E-state index in [2.05, 4.69) is 13.8 Å². The highest BCUT2D eigenvalue weighted by atomic mass is 32.2. The first-order valence-corrected chi connectivity index (χ1v) is 10.9. The van der Waals surface area contributed by atoms with Gasteiger partial charge in [0.15, 0.2) is 0 Å². The monoisotopic (exact) mass is 435 g/mol. The summed E-state index contributed by atoms with van der Waals surface area (Å²) < 4.78 is 7.30. The number of aliphatic hydroxyl groups excluding tert-OH is 4. The Bertz CT molecular complexity index is 928. The maximum absolute atomic E-state index is 12.1. The van der Waals surface area contributed by atoms with Crippen LogP contribution in [0.25, 0.3) is 11.1 Å². The molecule has 7 nitrogen and oxygen atoms in total. The summed E-state index contributed by atoms with van der Waals surface area (Å²) in [5, 5.41) is 39.5. The van der Waals surface area contributed by atoms with Crippen LogP contribution in [0.5, 0.6) is 0 Å². The number of hydrogen-bond acceptors (Lipinski definition) is 7. The van der Waals surface area contributed by atoms with Crippen LogP contribution in [0.3, 0.4) is 0 Å². The minimum Gasteiger partial charge on any atom is -0.394 e. The van der Waals surface area contributed by atoms with Crippen molar-refractivity contribution in [2.24, 2.45) is 5.92 Å². The highest BCUT2D eigenvalue weighted by Crippen LogP contribution is 2.36. The molecule has 0 bridgehead atoms. The number of aryl methyl sites for hydroxylation is 1. The molecule has 5 atom stereocenters. The van der Waals surface area contributed by atoms with Crippen LogP contribution in [0.4, 0.5) is 0 Å². The van der Waals surface area contributed by atoms with Crippen molar-refractivity contribution < 1.29 is 25.2 Å². The average molecular weight is 436 g/mol. The Balaban J connectivity index is 1.81. The van der Waals surface area contributed by atoms with Crippen LogP contribution in [0, 0.1) is 12.8 Å². The number of pyridine rings is 1. The zero-order valence-corrected chi connectivity index (χ0v) is 18.1. The second kappa shape index (κ2) is 9.64. The number of rotatable bonds is 6. The summed E-state index contributed by atoms with van der Waals surface area (Å²) in [7, 11) is 0. The SMILES string of the molecule is Cc1cc(-c2ccc(=O)n(CC(C)C)c2)ccc1S[C@H]1O[C@H](CO)[C@@H](O)[C@H](O)[C@@H]1O. The molecular formula is C22H29NO6S. The van der Waals surface area contributed by atoms with Gasteiger partial charge in [-0.25, -0.2) is 0 Å². The van der Waals surface area contributed by atoms with E-state index in [-0.39, 0.29) is 5.56 Å². The molecule has 0 aliphatic carbocycles. The quantitative estimate of drug-likeness (QED) is 0.542. The zero-order chi connectivity index (χ0) is 22.0. The Morgan fingerprint density at radius 3 is 2.40 bits per heavy atom. The Labute approximate surface area is 180 Å². The lowest BCUT2D eigenvalue weighted by atomic mass is 10.0. The lowest BCUT2D eigenvalue weighted by molar-refractivity contribution is -0.205. The third-order valence-corrected chi connectivity index (χ3v) is 6.48. The fourth-order valence-electron chi connectivity index (χ4n) is 3.49. The van der Waals surface area contributed by atoms with Crippen LogP contribution in [0.2, 0.25) is 0 Å². The average Bonchev–Trinajstić information content (AvgIpc) is 2.71. The van der Waals surface area contributed by atoms with Crippen molar-refractivity contribution in [2.45, 2.75) is 62.1 Å². The minimum absolute atomic E-state index is 0.0287. The first-order valence-electron chi connectivity index (χ1n) is 10.00. The maximum Gasteiger partial charge on any atom is 0.250 e. The summed E-state index contributed by atoms with van der Waals surface area (Å²) in [6.45, 7) is 6.26. The number of ether oxygens (including phenoxy) is 1. The summed E-state index contributed by atoms with van der Waals surface area (Å²) in [4.78, 5) is 12.9. The summed E-state index contributed by atoms with van der Waals surface area (Å²) in [5.41, 5.74) is 1.99. The van der Waals surface area contributed by atoms with Gasteiger partial charge >= 0.3 is 0 Å². The number of nitrogens with zero attached hydrogens (tertiary/aromatic N) is 1. The number of hydrogen-bond donors (Lipinski definition) is 4. The number of aliphatic hydroxyl groups is 4. The molecule has 4 N–H and O–H groups in total. The van der Waals surface area contributed by atoms with E-state index < -0.39 is 36.5 Å². The van der Waals surface area contributed by atoms with Gasteiger partial charge in [0.05, 0.1) is 6.61 Å². The standard InChI is InChI=1S/C22H29NO6S/c1-12(2)9-23-10-15(5-7-18(23)25)14-4-6-17(13(3)8-14)30-22-21(28)20(27)19(26)16(11-24)29-22/h4-8,10,12,16,19-22,24,26-28H,9,11H2,1-3H3/t16-,19-,20+,21+,22-/m1/s1. The molecule has 0 amide bonds. The number of aromatic nitrogens is 1. The van der Waals surface area contributed by atoms with Crippen molar-refractivity contribution in [1.29, 1.82) is 0 Å². The first-order chi connectivity index (χ1) is 14.2. The second-order valence-electron chi connectivity index (χ2n) is 8.10. The van der Waals surface area contributed by atoms with E-state index >= 15 is 0 Å². The van der Waals surface area contributed by atoms with Gasteiger partial charge in [0.2, 0.25) is 0 Å². The molecule has 0 saturated carbocycles. The Morgan fingerprint density at radius 2 is 1.77 bits per heavy atom. The molecule has 1 aliphatic rings. The fraction of sp³-hybridized carbons (Fsp3) is 0.500. The topological polar surface area (TPSA) is 112 Å². The molecule has 1 aromatic carbocycles. The number of thioether (sulfide) groups is 1. The van der Waals surface area contributed by atoms with E-state index in [9.17, 15) is 25.2 Å². The third-order valence-electron chi connectivity index (χ3n) is 5.15. The molecule has 0 spiro atoms. The summed E-state index contributed by atoms with van der Waals surface area (Å²) in [6.07, 6.45) is -3.11. The highest BCUT2D eigenvalue weighted by Gasteiger charge is 2.43. The highest BCUT2D eigenvalue weighted by molar-refractivity contribution is 7.99. The Kier molecular flexibility index (Phi) is 7.38. The summed E-state index contributed by atoms with van der Waals surface area (Å²) in [5.74, 6) is 0.358. The van der Waals surface area contributed by atoms with Crippen LogP contribution in [0.1, 0.15) is 19.4 Å². The third kappa shape index (κ3) is 4.96. The molecule has 0 radical (unpaired) electrons. The van der Waals surface area contributed by atoms with Crippen molar-refractivity contribution >= 4 is 11.8 Å². The van der Waals surface area contributed by atoms with E-state index in [1.165, 1.54) is 11.8 Å². The second-order valence-corrected chi connectivity index (χ2v) is 9.24. The molecule has 3 rings (SSSR count). The molecule has 8 heteroatoms. The van der Waals surface area contributed by atoms with E-state index in [4.69, 9.17) is 4.74 Å². The van der Waals surface area contributed by atoms with Gasteiger partial charge in [-0.05, 0) is 41.7 Å². The molecule has 1 fully saturated rings. The zero-order valence-electron chi connectivity index (χ0n) is 17.3. The molecule has 1 saturated heterocycles. The van der Waals surface area contributed by atoms with Crippen LogP contribution < -0.4 is 5.56 Å². The molecule has 164 valence electrons. The molecule has 0 unspecified atom stereocenters. The molecule has 1 aromatic heterocycles. The number of benzene rings is 1. The van der Waals surface area contributed by atoms with Gasteiger partial charge in [-0.15, -0.1) is 0 Å². The lowest BCUT2D eigenvalue weighted by Crippen LogP contribution is -2.57. The van der Waals surface area contributed by atoms with Crippen molar-refractivity contribution in [3.05, 3.63) is 52.4 Å². The van der Waals surface area contributed by atoms with E-state index in [0.29, 0.717) is 12.5 Å². The van der Waals surface area contributed by atoms with Gasteiger partial charge in [-0.3, -0.25) is 4.79 Å². The van der Waals surface area contributed by atoms with Gasteiger partial charge < -0.3 is 29.7 Å². The predicted molar refractivity (Wildman–Crippen MR) is 115 cm³/mol. The van der Waals surface area contributed by atoms with Gasteiger partial charge in [-0.1, -0.05) is 37.7 Å². The minimum atomic E-state index is -1.39. The van der Waals surface area contributed by atoms with E-state index in [1.54, 1.807) is 16.7 Å². The molecule has 2 aromatic rings. The Morgan fingerprint density at radius 1 is 1.07 bits per heavy atom. The van der Waals surface area contributed by atoms with Crippen LogP contribution >= 0.6 is 11.8 Å². The normalized spacial score (nSPS) is 26.9. The van der Waals surface area contributed by atoms with E-state index in [0.717, 1.165) is 21.6 Å². The van der Waals surface area contributed by atoms with Crippen LogP contribution in [-0.4, -0.2) is 61.5 Å². The fourth-order valence-corrected chi connectivity index (χ4v) is 4.63. The van der Waals surface area contributed by atoms with Crippen LogP contribution in [0.15, 0.2) is 46.2 Å². The van der Waals surface area contributed by atoms with Gasteiger partial charge in [0.25, 0.3) is 5.56 Å². The molecule has 30 heavy (non-hydrogen) atoms. The van der Waals surface area contributed by atoms with Crippen molar-refractivity contribution in [1.82, 2.24) is 4.57 Å². The smallest absolute Gasteiger partial charge is 0.250 e. The van der Waals surface area contributed by atoms with Crippen molar-refractivity contribution in [3.8, 4) is 11.1 Å². The van der Waals surface area contributed by atoms with Gasteiger partial charge in [0, 0.05) is 23.7 Å². The first kappa shape index (κ1) is 23.0. The van der Waals surface area contributed by atoms with Crippen molar-refractivity contribution in [2.75, 3.05) is 6.61 Å². The van der Waals surface area contributed by atoms with Crippen LogP contribution in [-0.2, 0) is 11.3 Å². The summed E-state index contributed by atoms with van der Waals surface area (Å²) >= 11 is 1.23. The van der Waals surface area contributed by atoms with Gasteiger partial charge in [0.1, 0.15) is 29.9 Å². The van der Waals surface area contributed by atoms with Crippen molar-refractivity contribution in [3.63, 3.8) is 0 Å². The predicted octanol–water partition coefficient (Wildman–Crippen LogP) is 1.37. The maximum atomic E-state index is 12.1. The molecule has 2 heterocycles. The molecular weight excluding hydrogens is 406 g/mol. The lowest BCUT2D eigenvalue weighted by Gasteiger charge is -2.39. The van der Waals surface area contributed by atoms with Gasteiger partial charge in [-0.2, -0.15) is 0 Å². The largest absolute Gasteiger partial charge is 0.394 e.